The fourth-order valence-electron chi connectivity index (χ4n) is 6.99. The summed E-state index contributed by atoms with van der Waals surface area (Å²) in [6, 6.07) is 68.3. The van der Waals surface area contributed by atoms with Gasteiger partial charge in [0.25, 0.3) is 0 Å². The van der Waals surface area contributed by atoms with Gasteiger partial charge in [0, 0.05) is 34.1 Å². The highest BCUT2D eigenvalue weighted by molar-refractivity contribution is 6.03. The fraction of sp³-hybridized carbons (Fsp3) is 0. The van der Waals surface area contributed by atoms with Crippen LogP contribution in [0.1, 0.15) is 27.8 Å². The van der Waals surface area contributed by atoms with Crippen molar-refractivity contribution in [2.75, 3.05) is 9.80 Å². The summed E-state index contributed by atoms with van der Waals surface area (Å²) in [5.41, 5.74) is 11.1. The van der Waals surface area contributed by atoms with Gasteiger partial charge in [0.2, 0.25) is 5.69 Å². The Hall–Kier alpha value is -7.92. The Labute approximate surface area is 328 Å². The maximum atomic E-state index is 10.3. The van der Waals surface area contributed by atoms with E-state index in [2.05, 4.69) is 118 Å². The van der Waals surface area contributed by atoms with E-state index in [1.807, 2.05) is 121 Å². The molecule has 8 aromatic rings. The van der Waals surface area contributed by atoms with E-state index in [4.69, 9.17) is 6.57 Å². The van der Waals surface area contributed by atoms with Crippen LogP contribution in [0.15, 0.2) is 194 Å². The van der Waals surface area contributed by atoms with Gasteiger partial charge < -0.3 is 9.80 Å². The molecule has 4 nitrogen and oxygen atoms in total. The predicted molar refractivity (Wildman–Crippen MR) is 235 cm³/mol. The Balaban J connectivity index is 1.03. The van der Waals surface area contributed by atoms with Crippen molar-refractivity contribution in [3.05, 3.63) is 233 Å². The molecule has 0 aliphatic carbocycles. The van der Waals surface area contributed by atoms with E-state index in [1.165, 1.54) is 0 Å². The lowest BCUT2D eigenvalue weighted by atomic mass is 9.95. The van der Waals surface area contributed by atoms with Crippen LogP contribution >= 0.6 is 0 Å². The normalized spacial score (nSPS) is 11.0. The van der Waals surface area contributed by atoms with Crippen LogP contribution < -0.4 is 9.80 Å². The molecule has 8 aromatic carbocycles. The topological polar surface area (TPSA) is 34.6 Å². The Bertz CT molecular complexity index is 2450. The quantitative estimate of drug-likeness (QED) is 0.104. The van der Waals surface area contributed by atoms with Gasteiger partial charge in [-0.2, -0.15) is 5.26 Å². The molecule has 0 bridgehead atoms. The van der Waals surface area contributed by atoms with E-state index in [0.717, 1.165) is 67.2 Å². The number of anilines is 6. The largest absolute Gasteiger partial charge is 0.311 e. The minimum absolute atomic E-state index is 0.527. The summed E-state index contributed by atoms with van der Waals surface area (Å²) < 4.78 is 0. The molecule has 0 fully saturated rings. The van der Waals surface area contributed by atoms with Crippen molar-refractivity contribution < 1.29 is 0 Å². The molecule has 0 aliphatic heterocycles. The molecular formula is C52H36N4. The van der Waals surface area contributed by atoms with Crippen molar-refractivity contribution in [2.24, 2.45) is 0 Å². The first-order valence-corrected chi connectivity index (χ1v) is 18.4. The molecule has 0 aromatic heterocycles. The van der Waals surface area contributed by atoms with Gasteiger partial charge in [-0.15, -0.1) is 0 Å². The van der Waals surface area contributed by atoms with Crippen LogP contribution in [-0.2, 0) is 0 Å². The molecule has 0 radical (unpaired) electrons. The smallest absolute Gasteiger partial charge is 0.202 e. The third-order valence-corrected chi connectivity index (χ3v) is 9.73. The Kier molecular flexibility index (Phi) is 10.3. The molecule has 0 unspecified atom stereocenters. The number of fused-ring (bicyclic) bond motifs is 1. The Morgan fingerprint density at radius 1 is 0.393 bits per heavy atom. The lowest BCUT2D eigenvalue weighted by molar-refractivity contribution is 1.28. The molecule has 0 saturated carbocycles. The lowest BCUT2D eigenvalue weighted by Gasteiger charge is -2.25. The molecule has 0 spiro atoms. The maximum absolute atomic E-state index is 10.3. The highest BCUT2D eigenvalue weighted by Gasteiger charge is 2.14. The second-order valence-corrected chi connectivity index (χ2v) is 13.2. The molecule has 0 atom stereocenters. The van der Waals surface area contributed by atoms with E-state index < -0.39 is 0 Å². The number of rotatable bonds is 10. The molecule has 8 rings (SSSR count). The monoisotopic (exact) mass is 716 g/mol. The van der Waals surface area contributed by atoms with Crippen molar-refractivity contribution in [2.45, 2.75) is 0 Å². The first-order valence-electron chi connectivity index (χ1n) is 18.4. The first kappa shape index (κ1) is 35.1. The molecule has 264 valence electrons. The third kappa shape index (κ3) is 7.45. The number of para-hydroxylation sites is 4. The zero-order valence-corrected chi connectivity index (χ0v) is 30.6. The maximum Gasteiger partial charge on any atom is 0.202 e. The van der Waals surface area contributed by atoms with E-state index in [-0.39, 0.29) is 0 Å². The molecule has 0 aliphatic rings. The average molecular weight is 717 g/mol. The van der Waals surface area contributed by atoms with E-state index >= 15 is 0 Å². The van der Waals surface area contributed by atoms with Crippen LogP contribution in [0.4, 0.5) is 39.8 Å². The van der Waals surface area contributed by atoms with E-state index in [1.54, 1.807) is 0 Å². The third-order valence-electron chi connectivity index (χ3n) is 9.73. The number of hydrogen-bond acceptors (Lipinski definition) is 3. The van der Waals surface area contributed by atoms with Crippen LogP contribution in [0.5, 0.6) is 0 Å². The molecule has 0 heterocycles. The number of nitriles is 1. The second kappa shape index (κ2) is 16.4. The Morgan fingerprint density at radius 3 is 1.14 bits per heavy atom. The van der Waals surface area contributed by atoms with Gasteiger partial charge >= 0.3 is 0 Å². The zero-order valence-electron chi connectivity index (χ0n) is 30.6. The van der Waals surface area contributed by atoms with Crippen LogP contribution in [0.3, 0.4) is 0 Å². The first-order chi connectivity index (χ1) is 27.7. The van der Waals surface area contributed by atoms with Gasteiger partial charge in [0.1, 0.15) is 6.07 Å². The van der Waals surface area contributed by atoms with Crippen molar-refractivity contribution in [1.29, 1.82) is 5.26 Å². The van der Waals surface area contributed by atoms with Crippen molar-refractivity contribution in [1.82, 2.24) is 0 Å². The fourth-order valence-corrected chi connectivity index (χ4v) is 6.99. The Morgan fingerprint density at radius 2 is 0.750 bits per heavy atom. The lowest BCUT2D eigenvalue weighted by Crippen LogP contribution is -2.09. The molecule has 4 heteroatoms. The standard InChI is InChI=1S/C52H36N4/c1-54-52-42(29-23-40-26-34-48(35-27-40)56(45-18-10-4-11-19-45)46-20-12-5-13-21-46)31-36-49-50(52)37-30-41(51(49)38-53)28-22-39-24-32-47(33-25-39)55(43-14-6-2-7-15-43)44-16-8-3-9-17-44/h2-37H. The number of benzene rings is 8. The van der Waals surface area contributed by atoms with Crippen LogP contribution in [-0.4, -0.2) is 0 Å². The molecule has 0 N–H and O–H groups in total. The molecule has 0 saturated heterocycles. The molecule has 0 amide bonds. The summed E-state index contributed by atoms with van der Waals surface area (Å²) >= 11 is 0. The highest BCUT2D eigenvalue weighted by Crippen LogP contribution is 2.38. The minimum atomic E-state index is 0.527. The predicted octanol–water partition coefficient (Wildman–Crippen LogP) is 14.5. The highest BCUT2D eigenvalue weighted by atomic mass is 15.1. The van der Waals surface area contributed by atoms with Gasteiger partial charge in [-0.25, -0.2) is 4.85 Å². The molecule has 56 heavy (non-hydrogen) atoms. The average Bonchev–Trinajstić information content (AvgIpc) is 3.27. The summed E-state index contributed by atoms with van der Waals surface area (Å²) in [5, 5.41) is 11.9. The summed E-state index contributed by atoms with van der Waals surface area (Å²) in [6.07, 6.45) is 8.01. The summed E-state index contributed by atoms with van der Waals surface area (Å²) in [6.45, 7) is 8.11. The van der Waals surface area contributed by atoms with Gasteiger partial charge in [0.05, 0.1) is 12.1 Å². The second-order valence-electron chi connectivity index (χ2n) is 13.2. The van der Waals surface area contributed by atoms with Gasteiger partial charge in [-0.1, -0.05) is 146 Å². The van der Waals surface area contributed by atoms with Gasteiger partial charge in [-0.3, -0.25) is 0 Å². The SMILES string of the molecule is [C-]#[N+]c1c(C=Cc2ccc(N(c3ccccc3)c3ccccc3)cc2)ccc2c(C#N)c(C=Cc3ccc(N(c4ccccc4)c4ccccc4)cc3)ccc12. The van der Waals surface area contributed by atoms with Crippen LogP contribution in [0.2, 0.25) is 0 Å². The van der Waals surface area contributed by atoms with E-state index in [0.29, 0.717) is 11.3 Å². The van der Waals surface area contributed by atoms with Crippen LogP contribution in [0.25, 0.3) is 39.9 Å². The van der Waals surface area contributed by atoms with Crippen molar-refractivity contribution in [3.8, 4) is 6.07 Å². The van der Waals surface area contributed by atoms with Crippen LogP contribution in [0, 0.1) is 17.9 Å². The number of hydrogen-bond donors (Lipinski definition) is 0. The summed E-state index contributed by atoms with van der Waals surface area (Å²) in [5.74, 6) is 0. The van der Waals surface area contributed by atoms with Gasteiger partial charge in [-0.05, 0) is 106 Å². The van der Waals surface area contributed by atoms with Gasteiger partial charge in [0.15, 0.2) is 0 Å². The van der Waals surface area contributed by atoms with Crippen molar-refractivity contribution >= 4 is 74.9 Å². The molecular weight excluding hydrogens is 681 g/mol. The summed E-state index contributed by atoms with van der Waals surface area (Å²) in [4.78, 5) is 8.40. The van der Waals surface area contributed by atoms with E-state index in [9.17, 15) is 5.26 Å². The minimum Gasteiger partial charge on any atom is -0.311 e. The van der Waals surface area contributed by atoms with Crippen molar-refractivity contribution in [3.63, 3.8) is 0 Å². The zero-order chi connectivity index (χ0) is 38.1. The number of nitrogens with zero attached hydrogens (tertiary/aromatic N) is 4. The summed E-state index contributed by atoms with van der Waals surface area (Å²) in [7, 11) is 0.